The number of nitrogens with zero attached hydrogens (tertiary/aromatic N) is 3. The third kappa shape index (κ3) is 5.77. The summed E-state index contributed by atoms with van der Waals surface area (Å²) in [7, 11) is 0. The van der Waals surface area contributed by atoms with Crippen LogP contribution in [0.3, 0.4) is 0 Å². The summed E-state index contributed by atoms with van der Waals surface area (Å²) in [5.41, 5.74) is 3.28. The topological polar surface area (TPSA) is 36.4 Å². The first-order valence-electron chi connectivity index (χ1n) is 11.6. The molecule has 1 aromatic heterocycles. The molecule has 2 aliphatic rings. The highest BCUT2D eigenvalue weighted by Gasteiger charge is 2.28. The van der Waals surface area contributed by atoms with Gasteiger partial charge >= 0.3 is 0 Å². The van der Waals surface area contributed by atoms with Crippen LogP contribution >= 0.6 is 0 Å². The fourth-order valence-electron chi connectivity index (χ4n) is 5.22. The Morgan fingerprint density at radius 2 is 1.77 bits per heavy atom. The number of hydrogen-bond acceptors (Lipinski definition) is 4. The number of ketones is 1. The molecule has 30 heavy (non-hydrogen) atoms. The normalized spacial score (nSPS) is 18.9. The fourth-order valence-corrected chi connectivity index (χ4v) is 5.22. The quantitative estimate of drug-likeness (QED) is 0.583. The molecule has 4 rings (SSSR count). The SMILES string of the molecule is CC(=O)c1cccc(CN(Cc2cccnc2)CC2CCN(C3CCCC3)CC2)c1. The minimum absolute atomic E-state index is 0.134. The van der Waals surface area contributed by atoms with Crippen molar-refractivity contribution in [3.63, 3.8) is 0 Å². The fraction of sp³-hybridized carbons (Fsp3) is 0.538. The highest BCUT2D eigenvalue weighted by molar-refractivity contribution is 5.94. The van der Waals surface area contributed by atoms with Gasteiger partial charge in [0.15, 0.2) is 5.78 Å². The van der Waals surface area contributed by atoms with Gasteiger partial charge in [-0.25, -0.2) is 0 Å². The molecule has 4 heteroatoms. The first kappa shape index (κ1) is 21.2. The minimum atomic E-state index is 0.134. The molecule has 1 saturated heterocycles. The van der Waals surface area contributed by atoms with Crippen LogP contribution in [0.15, 0.2) is 48.8 Å². The van der Waals surface area contributed by atoms with Crippen LogP contribution in [0.2, 0.25) is 0 Å². The molecule has 160 valence electrons. The van der Waals surface area contributed by atoms with Crippen LogP contribution in [0.1, 0.15) is 66.9 Å². The molecular weight excluding hydrogens is 370 g/mol. The van der Waals surface area contributed by atoms with Gasteiger partial charge in [-0.15, -0.1) is 0 Å². The Kier molecular flexibility index (Phi) is 7.29. The molecule has 0 bridgehead atoms. The lowest BCUT2D eigenvalue weighted by atomic mass is 9.94. The Bertz CT molecular complexity index is 808. The van der Waals surface area contributed by atoms with Crippen LogP contribution in [-0.4, -0.2) is 46.2 Å². The molecule has 1 aliphatic heterocycles. The van der Waals surface area contributed by atoms with Crippen LogP contribution in [0.4, 0.5) is 0 Å². The number of Topliss-reactive ketones (excluding diaryl/α,β-unsaturated/α-hetero) is 1. The maximum atomic E-state index is 11.8. The van der Waals surface area contributed by atoms with E-state index in [1.165, 1.54) is 62.7 Å². The van der Waals surface area contributed by atoms with Gasteiger partial charge in [-0.05, 0) is 74.9 Å². The predicted octanol–water partition coefficient (Wildman–Crippen LogP) is 4.94. The van der Waals surface area contributed by atoms with Gasteiger partial charge in [0.1, 0.15) is 0 Å². The predicted molar refractivity (Wildman–Crippen MR) is 121 cm³/mol. The summed E-state index contributed by atoms with van der Waals surface area (Å²) in [6.45, 7) is 7.05. The lowest BCUT2D eigenvalue weighted by Gasteiger charge is -2.38. The molecular formula is C26H35N3O. The van der Waals surface area contributed by atoms with Crippen molar-refractivity contribution in [1.82, 2.24) is 14.8 Å². The van der Waals surface area contributed by atoms with Crippen molar-refractivity contribution >= 4 is 5.78 Å². The number of rotatable bonds is 8. The van der Waals surface area contributed by atoms with E-state index in [9.17, 15) is 4.79 Å². The number of carbonyl (C=O) groups excluding carboxylic acids is 1. The maximum absolute atomic E-state index is 11.8. The van der Waals surface area contributed by atoms with Crippen molar-refractivity contribution in [1.29, 1.82) is 0 Å². The van der Waals surface area contributed by atoms with Gasteiger partial charge in [0.2, 0.25) is 0 Å². The highest BCUT2D eigenvalue weighted by Crippen LogP contribution is 2.28. The Balaban J connectivity index is 1.40. The zero-order chi connectivity index (χ0) is 20.8. The average molecular weight is 406 g/mol. The summed E-state index contributed by atoms with van der Waals surface area (Å²) in [4.78, 5) is 21.4. The van der Waals surface area contributed by atoms with E-state index in [0.29, 0.717) is 0 Å². The van der Waals surface area contributed by atoms with Gasteiger partial charge in [-0.2, -0.15) is 0 Å². The van der Waals surface area contributed by atoms with E-state index in [0.717, 1.165) is 37.2 Å². The number of likely N-dealkylation sites (tertiary alicyclic amines) is 1. The Morgan fingerprint density at radius 1 is 1.03 bits per heavy atom. The third-order valence-corrected chi connectivity index (χ3v) is 6.88. The van der Waals surface area contributed by atoms with E-state index in [1.54, 1.807) is 6.92 Å². The van der Waals surface area contributed by atoms with Gasteiger partial charge in [0.05, 0.1) is 0 Å². The standard InChI is InChI=1S/C26H35N3O/c1-21(30)25-8-4-6-23(16-25)19-28(20-24-7-5-13-27-17-24)18-22-11-14-29(15-12-22)26-9-2-3-10-26/h4-8,13,16-17,22,26H,2-3,9-12,14-15,18-20H2,1H3. The molecule has 4 nitrogen and oxygen atoms in total. The zero-order valence-electron chi connectivity index (χ0n) is 18.3. The van der Waals surface area contributed by atoms with Crippen molar-refractivity contribution in [3.05, 3.63) is 65.5 Å². The largest absolute Gasteiger partial charge is 0.300 e. The lowest BCUT2D eigenvalue weighted by molar-refractivity contribution is 0.101. The molecule has 0 atom stereocenters. The molecule has 2 fully saturated rings. The van der Waals surface area contributed by atoms with Crippen molar-refractivity contribution in [3.8, 4) is 0 Å². The van der Waals surface area contributed by atoms with E-state index in [4.69, 9.17) is 0 Å². The van der Waals surface area contributed by atoms with Crippen LogP contribution in [0.5, 0.6) is 0 Å². The Labute approximate surface area is 181 Å². The van der Waals surface area contributed by atoms with E-state index >= 15 is 0 Å². The molecule has 1 aliphatic carbocycles. The second kappa shape index (κ2) is 10.3. The van der Waals surface area contributed by atoms with E-state index < -0.39 is 0 Å². The average Bonchev–Trinajstić information content (AvgIpc) is 3.30. The van der Waals surface area contributed by atoms with Gasteiger partial charge in [0.25, 0.3) is 0 Å². The summed E-state index contributed by atoms with van der Waals surface area (Å²) in [6, 6.07) is 13.2. The summed E-state index contributed by atoms with van der Waals surface area (Å²) >= 11 is 0. The smallest absolute Gasteiger partial charge is 0.159 e. The lowest BCUT2D eigenvalue weighted by Crippen LogP contribution is -2.42. The van der Waals surface area contributed by atoms with Crippen LogP contribution in [-0.2, 0) is 13.1 Å². The van der Waals surface area contributed by atoms with Crippen molar-refractivity contribution < 1.29 is 4.79 Å². The molecule has 0 unspecified atom stereocenters. The summed E-state index contributed by atoms with van der Waals surface area (Å²) in [5.74, 6) is 0.880. The maximum Gasteiger partial charge on any atom is 0.159 e. The second-order valence-electron chi connectivity index (χ2n) is 9.21. The number of benzene rings is 1. The summed E-state index contributed by atoms with van der Waals surface area (Å²) < 4.78 is 0. The van der Waals surface area contributed by atoms with Crippen LogP contribution in [0, 0.1) is 5.92 Å². The molecule has 0 radical (unpaired) electrons. The molecule has 1 saturated carbocycles. The number of aromatic nitrogens is 1. The number of pyridine rings is 1. The van der Waals surface area contributed by atoms with Gasteiger partial charge in [0, 0.05) is 43.6 Å². The van der Waals surface area contributed by atoms with E-state index in [1.807, 2.05) is 30.6 Å². The van der Waals surface area contributed by atoms with Gasteiger partial charge < -0.3 is 4.90 Å². The summed E-state index contributed by atoms with van der Waals surface area (Å²) in [6.07, 6.45) is 12.1. The van der Waals surface area contributed by atoms with Gasteiger partial charge in [-0.3, -0.25) is 14.7 Å². The number of piperidine rings is 1. The second-order valence-corrected chi connectivity index (χ2v) is 9.21. The molecule has 1 aromatic carbocycles. The van der Waals surface area contributed by atoms with E-state index in [2.05, 4.69) is 33.0 Å². The molecule has 2 heterocycles. The van der Waals surface area contributed by atoms with Gasteiger partial charge in [-0.1, -0.05) is 37.1 Å². The van der Waals surface area contributed by atoms with Crippen LogP contribution < -0.4 is 0 Å². The molecule has 2 aromatic rings. The minimum Gasteiger partial charge on any atom is -0.300 e. The third-order valence-electron chi connectivity index (χ3n) is 6.88. The molecule has 0 spiro atoms. The van der Waals surface area contributed by atoms with Crippen LogP contribution in [0.25, 0.3) is 0 Å². The zero-order valence-corrected chi connectivity index (χ0v) is 18.3. The molecule has 0 amide bonds. The first-order valence-corrected chi connectivity index (χ1v) is 11.6. The van der Waals surface area contributed by atoms with Crippen molar-refractivity contribution in [2.45, 2.75) is 64.6 Å². The monoisotopic (exact) mass is 405 g/mol. The highest BCUT2D eigenvalue weighted by atomic mass is 16.1. The van der Waals surface area contributed by atoms with E-state index in [-0.39, 0.29) is 5.78 Å². The van der Waals surface area contributed by atoms with Crippen molar-refractivity contribution in [2.24, 2.45) is 5.92 Å². The summed E-state index contributed by atoms with van der Waals surface area (Å²) in [5, 5.41) is 0. The Hall–Kier alpha value is -2.04. The number of hydrogen-bond donors (Lipinski definition) is 0. The first-order chi connectivity index (χ1) is 14.7. The van der Waals surface area contributed by atoms with Crippen molar-refractivity contribution in [2.75, 3.05) is 19.6 Å². The Morgan fingerprint density at radius 3 is 2.47 bits per heavy atom. The molecule has 0 N–H and O–H groups in total. The number of carbonyl (C=O) groups is 1.